The van der Waals surface area contributed by atoms with Crippen LogP contribution in [0.2, 0.25) is 0 Å². The molecule has 2 heterocycles. The molecule has 0 spiro atoms. The number of pyridine rings is 1. The Bertz CT molecular complexity index is 1410. The van der Waals surface area contributed by atoms with Crippen LogP contribution >= 0.6 is 0 Å². The van der Waals surface area contributed by atoms with Crippen LogP contribution in [-0.4, -0.2) is 17.3 Å². The van der Waals surface area contributed by atoms with Crippen molar-refractivity contribution in [2.24, 2.45) is 4.99 Å². The monoisotopic (exact) mass is 494 g/mol. The van der Waals surface area contributed by atoms with Gasteiger partial charge in [0.15, 0.2) is 6.19 Å². The third-order valence-corrected chi connectivity index (χ3v) is 5.09. The van der Waals surface area contributed by atoms with Crippen LogP contribution in [0.3, 0.4) is 0 Å². The van der Waals surface area contributed by atoms with E-state index in [-0.39, 0.29) is 41.2 Å². The van der Waals surface area contributed by atoms with Crippen molar-refractivity contribution in [1.29, 1.82) is 10.5 Å². The summed E-state index contributed by atoms with van der Waals surface area (Å²) in [6, 6.07) is 13.3. The zero-order chi connectivity index (χ0) is 25.9. The molecule has 1 aliphatic heterocycles. The number of ether oxygens (including phenoxy) is 2. The molecule has 6 N–H and O–H groups in total. The topological polar surface area (TPSA) is 167 Å². The van der Waals surface area contributed by atoms with Crippen molar-refractivity contribution in [3.05, 3.63) is 70.8 Å². The van der Waals surface area contributed by atoms with Gasteiger partial charge >= 0.3 is 6.36 Å². The quantitative estimate of drug-likeness (QED) is 0.306. The second-order valence-electron chi connectivity index (χ2n) is 7.45. The van der Waals surface area contributed by atoms with Crippen LogP contribution in [-0.2, 0) is 6.61 Å². The van der Waals surface area contributed by atoms with Crippen LogP contribution in [0.4, 0.5) is 30.5 Å². The van der Waals surface area contributed by atoms with E-state index in [0.29, 0.717) is 16.9 Å². The van der Waals surface area contributed by atoms with Crippen molar-refractivity contribution >= 4 is 23.3 Å². The lowest BCUT2D eigenvalue weighted by atomic mass is 9.94. The number of rotatable bonds is 5. The van der Waals surface area contributed by atoms with Crippen LogP contribution in [0.25, 0.3) is 0 Å². The third kappa shape index (κ3) is 5.15. The highest BCUT2D eigenvalue weighted by molar-refractivity contribution is 5.98. The SMILES string of the molecule is N#CNC1=NC(c2cccc(COc3ccc(OC(F)(F)F)cc3)c2)c2c(nc(N)c(C#N)c2N)N1. The van der Waals surface area contributed by atoms with E-state index >= 15 is 0 Å². The Morgan fingerprint density at radius 1 is 1.08 bits per heavy atom. The minimum atomic E-state index is -4.78. The van der Waals surface area contributed by atoms with Gasteiger partial charge in [-0.2, -0.15) is 10.5 Å². The summed E-state index contributed by atoms with van der Waals surface area (Å²) in [7, 11) is 0. The zero-order valence-electron chi connectivity index (χ0n) is 18.3. The second kappa shape index (κ2) is 9.60. The second-order valence-corrected chi connectivity index (χ2v) is 7.45. The van der Waals surface area contributed by atoms with Crippen molar-refractivity contribution in [2.45, 2.75) is 19.0 Å². The number of halogens is 3. The van der Waals surface area contributed by atoms with E-state index in [2.05, 4.69) is 25.3 Å². The predicted octanol–water partition coefficient (Wildman–Crippen LogP) is 3.54. The zero-order valence-corrected chi connectivity index (χ0v) is 18.3. The third-order valence-electron chi connectivity index (χ3n) is 5.09. The maximum Gasteiger partial charge on any atom is 0.573 e. The molecule has 182 valence electrons. The summed E-state index contributed by atoms with van der Waals surface area (Å²) in [6.45, 7) is 0.0943. The van der Waals surface area contributed by atoms with Gasteiger partial charge in [0, 0.05) is 5.56 Å². The molecule has 10 nitrogen and oxygen atoms in total. The number of aliphatic imine (C=N–C) groups is 1. The molecule has 13 heteroatoms. The Kier molecular flexibility index (Phi) is 6.39. The van der Waals surface area contributed by atoms with E-state index in [1.807, 2.05) is 6.07 Å². The summed E-state index contributed by atoms with van der Waals surface area (Å²) < 4.78 is 46.5. The number of hydrogen-bond donors (Lipinski definition) is 4. The number of benzene rings is 2. The van der Waals surface area contributed by atoms with E-state index in [1.165, 1.54) is 12.1 Å². The lowest BCUT2D eigenvalue weighted by Gasteiger charge is -2.26. The summed E-state index contributed by atoms with van der Waals surface area (Å²) in [6.07, 6.45) is -3.00. The van der Waals surface area contributed by atoms with Gasteiger partial charge in [-0.1, -0.05) is 18.2 Å². The van der Waals surface area contributed by atoms with Gasteiger partial charge in [-0.25, -0.2) is 9.98 Å². The molecule has 0 bridgehead atoms. The minimum absolute atomic E-state index is 0.0184. The molecule has 0 aliphatic carbocycles. The number of guanidine groups is 1. The average Bonchev–Trinajstić information content (AvgIpc) is 2.83. The normalized spacial score (nSPS) is 14.4. The number of nitrogen functional groups attached to an aromatic ring is 2. The molecule has 2 aromatic carbocycles. The summed E-state index contributed by atoms with van der Waals surface area (Å²) in [5.41, 5.74) is 14.0. The highest BCUT2D eigenvalue weighted by Crippen LogP contribution is 2.40. The van der Waals surface area contributed by atoms with E-state index in [4.69, 9.17) is 21.5 Å². The molecule has 1 atom stereocenters. The Hall–Kier alpha value is -5.17. The van der Waals surface area contributed by atoms with Gasteiger partial charge < -0.3 is 26.3 Å². The maximum absolute atomic E-state index is 12.3. The van der Waals surface area contributed by atoms with Crippen molar-refractivity contribution < 1.29 is 22.6 Å². The summed E-state index contributed by atoms with van der Waals surface area (Å²) >= 11 is 0. The molecule has 0 amide bonds. The van der Waals surface area contributed by atoms with E-state index < -0.39 is 12.4 Å². The average molecular weight is 494 g/mol. The molecule has 0 fully saturated rings. The number of nitriles is 2. The molecule has 0 saturated heterocycles. The van der Waals surface area contributed by atoms with Crippen LogP contribution in [0, 0.1) is 22.8 Å². The van der Waals surface area contributed by atoms with Gasteiger partial charge in [-0.15, -0.1) is 13.2 Å². The predicted molar refractivity (Wildman–Crippen MR) is 123 cm³/mol. The lowest BCUT2D eigenvalue weighted by molar-refractivity contribution is -0.274. The van der Waals surface area contributed by atoms with Crippen molar-refractivity contribution in [2.75, 3.05) is 16.8 Å². The summed E-state index contributed by atoms with van der Waals surface area (Å²) in [5.74, 6) is 0.290. The minimum Gasteiger partial charge on any atom is -0.489 e. The molecule has 0 saturated carbocycles. The first-order valence-corrected chi connectivity index (χ1v) is 10.2. The van der Waals surface area contributed by atoms with Crippen LogP contribution < -0.4 is 31.6 Å². The number of hydrogen-bond acceptors (Lipinski definition) is 10. The van der Waals surface area contributed by atoms with E-state index in [0.717, 1.165) is 17.7 Å². The number of fused-ring (bicyclic) bond motifs is 1. The molecule has 1 aromatic heterocycles. The molecule has 1 aliphatic rings. The molecule has 4 rings (SSSR count). The van der Waals surface area contributed by atoms with Crippen LogP contribution in [0.15, 0.2) is 53.5 Å². The summed E-state index contributed by atoms with van der Waals surface area (Å²) in [4.78, 5) is 8.71. The Labute approximate surface area is 202 Å². The van der Waals surface area contributed by atoms with Crippen molar-refractivity contribution in [3.8, 4) is 23.8 Å². The first-order chi connectivity index (χ1) is 17.2. The van der Waals surface area contributed by atoms with Gasteiger partial charge in [0.25, 0.3) is 0 Å². The number of nitrogens with one attached hydrogen (secondary N) is 2. The highest BCUT2D eigenvalue weighted by atomic mass is 19.4. The molecular formula is C23H17F3N8O2. The molecule has 0 radical (unpaired) electrons. The van der Waals surface area contributed by atoms with Gasteiger partial charge in [-0.3, -0.25) is 5.32 Å². The Morgan fingerprint density at radius 3 is 2.47 bits per heavy atom. The molecule has 3 aromatic rings. The number of nitrogens with two attached hydrogens (primary N) is 2. The first-order valence-electron chi connectivity index (χ1n) is 10.2. The Morgan fingerprint density at radius 2 is 1.81 bits per heavy atom. The molecule has 36 heavy (non-hydrogen) atoms. The van der Waals surface area contributed by atoms with E-state index in [9.17, 15) is 18.4 Å². The number of alkyl halides is 3. The maximum atomic E-state index is 12.3. The molecule has 1 unspecified atom stereocenters. The van der Waals surface area contributed by atoms with Gasteiger partial charge in [-0.05, 0) is 41.5 Å². The van der Waals surface area contributed by atoms with Crippen molar-refractivity contribution in [3.63, 3.8) is 0 Å². The van der Waals surface area contributed by atoms with Gasteiger partial charge in [0.05, 0.1) is 5.69 Å². The number of anilines is 3. The largest absolute Gasteiger partial charge is 0.573 e. The van der Waals surface area contributed by atoms with Gasteiger partial charge in [0.2, 0.25) is 5.96 Å². The van der Waals surface area contributed by atoms with Crippen molar-refractivity contribution in [1.82, 2.24) is 10.3 Å². The first kappa shape index (κ1) is 24.0. The number of aromatic nitrogens is 1. The van der Waals surface area contributed by atoms with Gasteiger partial charge in [0.1, 0.15) is 47.4 Å². The Balaban J connectivity index is 1.60. The number of nitrogens with zero attached hydrogens (tertiary/aromatic N) is 4. The smallest absolute Gasteiger partial charge is 0.489 e. The van der Waals surface area contributed by atoms with Crippen LogP contribution in [0.5, 0.6) is 11.5 Å². The fourth-order valence-electron chi connectivity index (χ4n) is 3.58. The lowest BCUT2D eigenvalue weighted by Crippen LogP contribution is -2.32. The fraction of sp³-hybridized carbons (Fsp3) is 0.130. The molecular weight excluding hydrogens is 477 g/mol. The standard InChI is InChI=1S/C23H17F3N8O2/c24-23(25,26)36-15-6-4-14(5-7-15)35-10-12-2-1-3-13(8-12)19-17-18(29)16(9-27)20(30)33-21(17)34-22(32-19)31-11-28/h1-8,19H,10H2,(H6,29,30,31,32,33,34). The summed E-state index contributed by atoms with van der Waals surface area (Å²) in [5, 5.41) is 23.7. The fourth-order valence-corrected chi connectivity index (χ4v) is 3.58. The van der Waals surface area contributed by atoms with E-state index in [1.54, 1.807) is 30.5 Å². The van der Waals surface area contributed by atoms with Crippen LogP contribution in [0.1, 0.15) is 28.3 Å². The highest BCUT2D eigenvalue weighted by Gasteiger charge is 2.31.